The first-order chi connectivity index (χ1) is 18.6. The number of ether oxygens (including phenoxy) is 4. The largest absolute Gasteiger partial charge is 0.497 e. The molecule has 0 aliphatic heterocycles. The van der Waals surface area contributed by atoms with E-state index in [2.05, 4.69) is 10.6 Å². The van der Waals surface area contributed by atoms with E-state index in [4.69, 9.17) is 30.5 Å². The van der Waals surface area contributed by atoms with Crippen molar-refractivity contribution in [1.82, 2.24) is 10.6 Å². The molecule has 0 bridgehead atoms. The molecule has 208 valence electrons. The van der Waals surface area contributed by atoms with Crippen LogP contribution in [0.1, 0.15) is 38.3 Å². The Kier molecular flexibility index (Phi) is 11.0. The van der Waals surface area contributed by atoms with Gasteiger partial charge in [-0.05, 0) is 56.2 Å². The number of alkyl carbamates (subject to hydrolysis) is 1. The number of rotatable bonds is 12. The quantitative estimate of drug-likeness (QED) is 0.257. The lowest BCUT2D eigenvalue weighted by molar-refractivity contribution is -0.123. The van der Waals surface area contributed by atoms with Gasteiger partial charge < -0.3 is 29.6 Å². The van der Waals surface area contributed by atoms with E-state index in [0.717, 1.165) is 11.1 Å². The number of carbonyl (C=O) groups is 2. The summed E-state index contributed by atoms with van der Waals surface area (Å²) in [5, 5.41) is 5.97. The fourth-order valence-electron chi connectivity index (χ4n) is 3.49. The number of hydrogen-bond acceptors (Lipinski definition) is 6. The smallest absolute Gasteiger partial charge is 0.408 e. The first-order valence-electron chi connectivity index (χ1n) is 12.6. The monoisotopic (exact) mass is 554 g/mol. The number of hydrogen-bond donors (Lipinski definition) is 2. The van der Waals surface area contributed by atoms with Gasteiger partial charge in [0.25, 0.3) is 0 Å². The number of nitrogens with one attached hydrogen (secondary N) is 2. The topological polar surface area (TPSA) is 95.1 Å². The standard InChI is InChI=1S/C30H35ClN2O6/c1-30(2,3)39-29(35)33-26(16-17-37-20-22-8-6-5-7-9-22)28(34)32-19-21-10-12-23(13-11-21)38-27-15-14-24(36-4)18-25(27)31/h5-15,18,26H,16-17,19-20H2,1-4H3,(H,32,34)(H,33,35). The number of carbonyl (C=O) groups excluding carboxylic acids is 2. The maximum atomic E-state index is 13.0. The molecule has 0 saturated heterocycles. The van der Waals surface area contributed by atoms with E-state index in [1.54, 1.807) is 58.2 Å². The van der Waals surface area contributed by atoms with Gasteiger partial charge in [0.05, 0.1) is 18.7 Å². The zero-order chi connectivity index (χ0) is 28.3. The van der Waals surface area contributed by atoms with E-state index in [9.17, 15) is 9.59 Å². The van der Waals surface area contributed by atoms with Gasteiger partial charge in [0.15, 0.2) is 0 Å². The lowest BCUT2D eigenvalue weighted by Gasteiger charge is -2.23. The Hall–Kier alpha value is -3.75. The molecule has 0 saturated carbocycles. The van der Waals surface area contributed by atoms with E-state index in [1.807, 2.05) is 42.5 Å². The second-order valence-electron chi connectivity index (χ2n) is 9.79. The van der Waals surface area contributed by atoms with Crippen LogP contribution in [0.4, 0.5) is 4.79 Å². The van der Waals surface area contributed by atoms with Crippen molar-refractivity contribution >= 4 is 23.6 Å². The maximum Gasteiger partial charge on any atom is 0.408 e. The molecule has 39 heavy (non-hydrogen) atoms. The molecule has 1 atom stereocenters. The van der Waals surface area contributed by atoms with E-state index in [0.29, 0.717) is 28.9 Å². The van der Waals surface area contributed by atoms with Crippen molar-refractivity contribution < 1.29 is 28.5 Å². The van der Waals surface area contributed by atoms with Crippen LogP contribution in [0.5, 0.6) is 17.2 Å². The summed E-state index contributed by atoms with van der Waals surface area (Å²) in [6, 6.07) is 21.3. The van der Waals surface area contributed by atoms with Gasteiger partial charge in [-0.15, -0.1) is 0 Å². The fraction of sp³-hybridized carbons (Fsp3) is 0.333. The number of methoxy groups -OCH3 is 1. The van der Waals surface area contributed by atoms with E-state index in [-0.39, 0.29) is 25.5 Å². The molecular formula is C30H35ClN2O6. The van der Waals surface area contributed by atoms with Gasteiger partial charge in [-0.25, -0.2) is 4.79 Å². The Morgan fingerprint density at radius 2 is 1.62 bits per heavy atom. The van der Waals surface area contributed by atoms with Crippen LogP contribution in [0.2, 0.25) is 5.02 Å². The number of amides is 2. The minimum Gasteiger partial charge on any atom is -0.497 e. The zero-order valence-corrected chi connectivity index (χ0v) is 23.4. The predicted octanol–water partition coefficient (Wildman–Crippen LogP) is 6.26. The van der Waals surface area contributed by atoms with Crippen LogP contribution in [0.15, 0.2) is 72.8 Å². The molecule has 0 radical (unpaired) electrons. The van der Waals surface area contributed by atoms with Crippen LogP contribution in [-0.4, -0.2) is 37.4 Å². The summed E-state index contributed by atoms with van der Waals surface area (Å²) in [6.07, 6.45) is -0.378. The van der Waals surface area contributed by atoms with Crippen molar-refractivity contribution in [2.24, 2.45) is 0 Å². The number of halogens is 1. The molecule has 0 aliphatic rings. The second-order valence-corrected chi connectivity index (χ2v) is 10.2. The summed E-state index contributed by atoms with van der Waals surface area (Å²) in [6.45, 7) is 6.25. The summed E-state index contributed by atoms with van der Waals surface area (Å²) >= 11 is 6.25. The summed E-state index contributed by atoms with van der Waals surface area (Å²) in [7, 11) is 1.57. The molecule has 3 aromatic carbocycles. The lowest BCUT2D eigenvalue weighted by Crippen LogP contribution is -2.48. The van der Waals surface area contributed by atoms with Crippen LogP contribution in [0.25, 0.3) is 0 Å². The highest BCUT2D eigenvalue weighted by atomic mass is 35.5. The molecule has 8 nitrogen and oxygen atoms in total. The Labute approximate surface area is 234 Å². The Morgan fingerprint density at radius 3 is 2.26 bits per heavy atom. The minimum absolute atomic E-state index is 0.264. The van der Waals surface area contributed by atoms with Gasteiger partial charge in [-0.3, -0.25) is 4.79 Å². The highest BCUT2D eigenvalue weighted by molar-refractivity contribution is 6.32. The molecule has 0 heterocycles. The molecule has 0 aliphatic carbocycles. The van der Waals surface area contributed by atoms with Crippen molar-refractivity contribution in [2.75, 3.05) is 13.7 Å². The Morgan fingerprint density at radius 1 is 0.923 bits per heavy atom. The first-order valence-corrected chi connectivity index (χ1v) is 13.0. The third kappa shape index (κ3) is 10.5. The van der Waals surface area contributed by atoms with Crippen molar-refractivity contribution in [3.8, 4) is 17.2 Å². The van der Waals surface area contributed by atoms with Crippen LogP contribution in [0.3, 0.4) is 0 Å². The molecule has 0 spiro atoms. The molecule has 0 fully saturated rings. The molecule has 0 aromatic heterocycles. The van der Waals surface area contributed by atoms with Crippen LogP contribution >= 0.6 is 11.6 Å². The summed E-state index contributed by atoms with van der Waals surface area (Å²) in [5.74, 6) is 1.40. The van der Waals surface area contributed by atoms with Crippen molar-refractivity contribution in [3.05, 3.63) is 88.9 Å². The van der Waals surface area contributed by atoms with Crippen LogP contribution < -0.4 is 20.1 Å². The first kappa shape index (κ1) is 29.8. The third-order valence-electron chi connectivity index (χ3n) is 5.43. The molecule has 9 heteroatoms. The van der Waals surface area contributed by atoms with E-state index >= 15 is 0 Å². The predicted molar refractivity (Wildman–Crippen MR) is 150 cm³/mol. The summed E-state index contributed by atoms with van der Waals surface area (Å²) in [5.41, 5.74) is 1.20. The second kappa shape index (κ2) is 14.4. The highest BCUT2D eigenvalue weighted by Crippen LogP contribution is 2.32. The molecule has 3 rings (SSSR count). The molecule has 2 amide bonds. The van der Waals surface area contributed by atoms with Crippen LogP contribution in [-0.2, 0) is 27.4 Å². The van der Waals surface area contributed by atoms with Gasteiger partial charge in [0, 0.05) is 25.6 Å². The fourth-order valence-corrected chi connectivity index (χ4v) is 3.70. The molecular weight excluding hydrogens is 520 g/mol. The van der Waals surface area contributed by atoms with Gasteiger partial charge in [0.1, 0.15) is 28.9 Å². The summed E-state index contributed by atoms with van der Waals surface area (Å²) in [4.78, 5) is 25.4. The number of benzene rings is 3. The molecule has 2 N–H and O–H groups in total. The lowest BCUT2D eigenvalue weighted by atomic mass is 10.1. The normalized spacial score (nSPS) is 11.8. The SMILES string of the molecule is COc1ccc(Oc2ccc(CNC(=O)C(CCOCc3ccccc3)NC(=O)OC(C)(C)C)cc2)c(Cl)c1. The van der Waals surface area contributed by atoms with Gasteiger partial charge in [0.2, 0.25) is 5.91 Å². The zero-order valence-electron chi connectivity index (χ0n) is 22.7. The van der Waals surface area contributed by atoms with Crippen molar-refractivity contribution in [3.63, 3.8) is 0 Å². The summed E-state index contributed by atoms with van der Waals surface area (Å²) < 4.78 is 22.1. The highest BCUT2D eigenvalue weighted by Gasteiger charge is 2.24. The van der Waals surface area contributed by atoms with Gasteiger partial charge >= 0.3 is 6.09 Å². The van der Waals surface area contributed by atoms with Gasteiger partial charge in [-0.1, -0.05) is 54.1 Å². The van der Waals surface area contributed by atoms with Gasteiger partial charge in [-0.2, -0.15) is 0 Å². The minimum atomic E-state index is -0.824. The Balaban J connectivity index is 1.54. The van der Waals surface area contributed by atoms with Crippen molar-refractivity contribution in [1.29, 1.82) is 0 Å². The van der Waals surface area contributed by atoms with E-state index in [1.165, 1.54) is 0 Å². The van der Waals surface area contributed by atoms with Crippen LogP contribution in [0, 0.1) is 0 Å². The molecule has 1 unspecified atom stereocenters. The third-order valence-corrected chi connectivity index (χ3v) is 5.72. The average molecular weight is 555 g/mol. The molecule has 3 aromatic rings. The van der Waals surface area contributed by atoms with E-state index < -0.39 is 17.7 Å². The average Bonchev–Trinajstić information content (AvgIpc) is 2.90. The Bertz CT molecular complexity index is 1210. The van der Waals surface area contributed by atoms with Crippen molar-refractivity contribution in [2.45, 2.75) is 52.0 Å². The maximum absolute atomic E-state index is 13.0.